The number of furan rings is 1. The van der Waals surface area contributed by atoms with E-state index in [1.165, 1.54) is 0 Å². The van der Waals surface area contributed by atoms with Crippen LogP contribution >= 0.6 is 12.2 Å². The smallest absolute Gasteiger partial charge is 0.150 e. The van der Waals surface area contributed by atoms with E-state index < -0.39 is 0 Å². The van der Waals surface area contributed by atoms with Gasteiger partial charge in [-0.1, -0.05) is 33.0 Å². The summed E-state index contributed by atoms with van der Waals surface area (Å²) in [7, 11) is 0. The minimum Gasteiger partial charge on any atom is -0.463 e. The summed E-state index contributed by atoms with van der Waals surface area (Å²) < 4.78 is 5.92. The highest BCUT2D eigenvalue weighted by molar-refractivity contribution is 7.71. The van der Waals surface area contributed by atoms with Gasteiger partial charge in [0.05, 0.1) is 12.0 Å². The van der Waals surface area contributed by atoms with Crippen molar-refractivity contribution < 1.29 is 4.42 Å². The highest BCUT2D eigenvalue weighted by Gasteiger charge is 2.17. The first-order valence-electron chi connectivity index (χ1n) is 5.12. The van der Waals surface area contributed by atoms with Crippen molar-refractivity contribution in [3.8, 4) is 11.5 Å². The van der Waals surface area contributed by atoms with Gasteiger partial charge < -0.3 is 9.40 Å². The molecule has 0 bridgehead atoms. The molecule has 0 atom stereocenters. The van der Waals surface area contributed by atoms with Crippen LogP contribution in [0.4, 0.5) is 0 Å². The van der Waals surface area contributed by atoms with Gasteiger partial charge in [-0.15, -0.1) is 0 Å². The summed E-state index contributed by atoms with van der Waals surface area (Å²) in [6.45, 7) is 6.27. The molecule has 16 heavy (non-hydrogen) atoms. The van der Waals surface area contributed by atoms with Crippen molar-refractivity contribution in [2.24, 2.45) is 0 Å². The molecule has 0 aromatic carbocycles. The fourth-order valence-corrected chi connectivity index (χ4v) is 1.59. The van der Waals surface area contributed by atoms with Crippen LogP contribution in [0.1, 0.15) is 26.6 Å². The molecule has 4 heteroatoms. The van der Waals surface area contributed by atoms with Gasteiger partial charge in [0.1, 0.15) is 16.2 Å². The van der Waals surface area contributed by atoms with Crippen molar-refractivity contribution in [2.75, 3.05) is 0 Å². The van der Waals surface area contributed by atoms with E-state index in [0.29, 0.717) is 4.64 Å². The molecule has 0 amide bonds. The Hall–Kier alpha value is -1.42. The average molecular weight is 234 g/mol. The number of hydrogen-bond acceptors (Lipinski definition) is 3. The van der Waals surface area contributed by atoms with Crippen molar-refractivity contribution in [3.05, 3.63) is 34.9 Å². The number of nitrogens with one attached hydrogen (secondary N) is 1. The molecule has 0 saturated carbocycles. The monoisotopic (exact) mass is 234 g/mol. The Morgan fingerprint density at radius 1 is 1.38 bits per heavy atom. The first-order valence-corrected chi connectivity index (χ1v) is 5.53. The molecule has 2 rings (SSSR count). The molecular formula is C12H14N2OS. The molecule has 0 spiro atoms. The van der Waals surface area contributed by atoms with Gasteiger partial charge in [-0.25, -0.2) is 4.98 Å². The van der Waals surface area contributed by atoms with Crippen molar-refractivity contribution in [1.29, 1.82) is 0 Å². The molecule has 1 N–H and O–H groups in total. The molecule has 0 aliphatic carbocycles. The third kappa shape index (κ3) is 2.22. The Bertz CT molecular complexity index is 535. The van der Waals surface area contributed by atoms with Crippen molar-refractivity contribution in [1.82, 2.24) is 9.97 Å². The van der Waals surface area contributed by atoms with Crippen molar-refractivity contribution >= 4 is 12.2 Å². The fourth-order valence-electron chi connectivity index (χ4n) is 1.38. The largest absolute Gasteiger partial charge is 0.463 e. The van der Waals surface area contributed by atoms with E-state index in [4.69, 9.17) is 16.6 Å². The van der Waals surface area contributed by atoms with Gasteiger partial charge in [0.2, 0.25) is 0 Å². The first-order chi connectivity index (χ1) is 7.47. The van der Waals surface area contributed by atoms with Gasteiger partial charge in [-0.05, 0) is 12.1 Å². The quantitative estimate of drug-likeness (QED) is 0.765. The zero-order valence-corrected chi connectivity index (χ0v) is 10.4. The minimum absolute atomic E-state index is 0.0594. The molecule has 0 unspecified atom stereocenters. The zero-order valence-electron chi connectivity index (χ0n) is 9.57. The highest BCUT2D eigenvalue weighted by atomic mass is 32.1. The lowest BCUT2D eigenvalue weighted by molar-refractivity contribution is 0.540. The molecule has 0 aliphatic rings. The van der Waals surface area contributed by atoms with E-state index in [2.05, 4.69) is 30.7 Å². The highest BCUT2D eigenvalue weighted by Crippen LogP contribution is 2.22. The summed E-state index contributed by atoms with van der Waals surface area (Å²) >= 11 is 5.16. The second-order valence-electron chi connectivity index (χ2n) is 4.71. The number of aromatic amines is 1. The van der Waals surface area contributed by atoms with E-state index in [1.807, 2.05) is 18.2 Å². The molecule has 2 heterocycles. The number of rotatable bonds is 1. The lowest BCUT2D eigenvalue weighted by atomic mass is 9.95. The fraction of sp³-hybridized carbons (Fsp3) is 0.333. The summed E-state index contributed by atoms with van der Waals surface area (Å²) in [5.74, 6) is 1.64. The van der Waals surface area contributed by atoms with Crippen LogP contribution in [0.15, 0.2) is 28.9 Å². The first kappa shape index (κ1) is 11.1. The molecule has 3 nitrogen and oxygen atoms in total. The predicted octanol–water partition coefficient (Wildman–Crippen LogP) is 3.70. The standard InChI is InChI=1S/C12H14N2OS/c1-12(2,3)11-13-8(7-10(16)14-11)9-5-4-6-15-9/h4-7H,1-3H3,(H,13,14,16). The molecule has 0 fully saturated rings. The molecule has 2 aromatic heterocycles. The van der Waals surface area contributed by atoms with Gasteiger partial charge in [0.15, 0.2) is 0 Å². The summed E-state index contributed by atoms with van der Waals surface area (Å²) in [4.78, 5) is 7.59. The van der Waals surface area contributed by atoms with E-state index in [-0.39, 0.29) is 5.41 Å². The lowest BCUT2D eigenvalue weighted by Gasteiger charge is -2.17. The minimum atomic E-state index is -0.0594. The van der Waals surface area contributed by atoms with Crippen LogP contribution < -0.4 is 0 Å². The van der Waals surface area contributed by atoms with Crippen LogP contribution in [-0.2, 0) is 5.41 Å². The third-order valence-corrected chi connectivity index (χ3v) is 2.45. The summed E-state index contributed by atoms with van der Waals surface area (Å²) in [5, 5.41) is 0. The normalized spacial score (nSPS) is 11.7. The Morgan fingerprint density at radius 3 is 2.69 bits per heavy atom. The summed E-state index contributed by atoms with van der Waals surface area (Å²) in [6.07, 6.45) is 1.64. The van der Waals surface area contributed by atoms with E-state index in [0.717, 1.165) is 17.3 Å². The second kappa shape index (κ2) is 3.87. The Kier molecular flexibility index (Phi) is 2.68. The maximum absolute atomic E-state index is 5.34. The second-order valence-corrected chi connectivity index (χ2v) is 5.13. The summed E-state index contributed by atoms with van der Waals surface area (Å²) in [5.41, 5.74) is 0.811. The van der Waals surface area contributed by atoms with Crippen LogP contribution in [0.25, 0.3) is 11.5 Å². The molecule has 0 saturated heterocycles. The molecule has 2 aromatic rings. The third-order valence-electron chi connectivity index (χ3n) is 2.24. The van der Waals surface area contributed by atoms with Gasteiger partial charge >= 0.3 is 0 Å². The summed E-state index contributed by atoms with van der Waals surface area (Å²) in [6, 6.07) is 5.56. The van der Waals surface area contributed by atoms with Gasteiger partial charge in [-0.2, -0.15) is 0 Å². The van der Waals surface area contributed by atoms with Crippen LogP contribution in [0.5, 0.6) is 0 Å². The Morgan fingerprint density at radius 2 is 2.12 bits per heavy atom. The van der Waals surface area contributed by atoms with E-state index >= 15 is 0 Å². The Balaban J connectivity index is 2.57. The lowest BCUT2D eigenvalue weighted by Crippen LogP contribution is -2.16. The molecule has 0 radical (unpaired) electrons. The van der Waals surface area contributed by atoms with E-state index in [9.17, 15) is 0 Å². The van der Waals surface area contributed by atoms with Gasteiger partial charge in [0.25, 0.3) is 0 Å². The van der Waals surface area contributed by atoms with Crippen LogP contribution in [0.3, 0.4) is 0 Å². The zero-order chi connectivity index (χ0) is 11.8. The van der Waals surface area contributed by atoms with Crippen LogP contribution in [-0.4, -0.2) is 9.97 Å². The molecular weight excluding hydrogens is 220 g/mol. The number of aromatic nitrogens is 2. The number of hydrogen-bond donors (Lipinski definition) is 1. The van der Waals surface area contributed by atoms with Gasteiger partial charge in [0, 0.05) is 11.5 Å². The molecule has 0 aliphatic heterocycles. The van der Waals surface area contributed by atoms with Gasteiger partial charge in [-0.3, -0.25) is 0 Å². The average Bonchev–Trinajstić information content (AvgIpc) is 2.68. The molecule has 84 valence electrons. The van der Waals surface area contributed by atoms with Crippen molar-refractivity contribution in [2.45, 2.75) is 26.2 Å². The van der Waals surface area contributed by atoms with E-state index in [1.54, 1.807) is 6.26 Å². The topological polar surface area (TPSA) is 41.8 Å². The Labute approximate surface area is 99.5 Å². The maximum atomic E-state index is 5.34. The van der Waals surface area contributed by atoms with Crippen molar-refractivity contribution in [3.63, 3.8) is 0 Å². The SMILES string of the molecule is CC(C)(C)c1nc(=S)cc(-c2ccco2)[nH]1. The number of nitrogens with zero attached hydrogens (tertiary/aromatic N) is 1. The van der Waals surface area contributed by atoms with Crippen LogP contribution in [0.2, 0.25) is 0 Å². The van der Waals surface area contributed by atoms with Crippen LogP contribution in [0, 0.1) is 4.64 Å². The maximum Gasteiger partial charge on any atom is 0.150 e. The number of H-pyrrole nitrogens is 1. The predicted molar refractivity (Wildman–Crippen MR) is 65.8 cm³/mol.